The van der Waals surface area contributed by atoms with Crippen molar-refractivity contribution in [3.8, 4) is 0 Å². The van der Waals surface area contributed by atoms with Crippen molar-refractivity contribution in [1.82, 2.24) is 9.55 Å². The lowest BCUT2D eigenvalue weighted by molar-refractivity contribution is 0.0974. The van der Waals surface area contributed by atoms with Crippen LogP contribution in [0.2, 0.25) is 0 Å². The fourth-order valence-electron chi connectivity index (χ4n) is 1.45. The fraction of sp³-hybridized carbons (Fsp3) is 0.250. The summed E-state index contributed by atoms with van der Waals surface area (Å²) in [4.78, 5) is 29.0. The van der Waals surface area contributed by atoms with Gasteiger partial charge in [-0.2, -0.15) is 0 Å². The van der Waals surface area contributed by atoms with E-state index in [0.29, 0.717) is 4.88 Å². The van der Waals surface area contributed by atoms with E-state index in [-0.39, 0.29) is 17.9 Å². The van der Waals surface area contributed by atoms with Crippen LogP contribution in [0, 0.1) is 0 Å². The Morgan fingerprint density at radius 3 is 2.88 bits per heavy atom. The first-order chi connectivity index (χ1) is 8.20. The molecule has 0 spiro atoms. The van der Waals surface area contributed by atoms with Crippen molar-refractivity contribution in [3.63, 3.8) is 0 Å². The van der Waals surface area contributed by atoms with Gasteiger partial charge < -0.3 is 0 Å². The van der Waals surface area contributed by atoms with Gasteiger partial charge >= 0.3 is 0 Å². The molecule has 17 heavy (non-hydrogen) atoms. The Labute approximate surface area is 103 Å². The van der Waals surface area contributed by atoms with Crippen LogP contribution in [0.1, 0.15) is 21.5 Å². The van der Waals surface area contributed by atoms with E-state index in [4.69, 9.17) is 0 Å². The average Bonchev–Trinajstić information content (AvgIpc) is 2.81. The number of carbonyl (C=O) groups excluding carboxylic acids is 1. The van der Waals surface area contributed by atoms with Gasteiger partial charge in [0.1, 0.15) is 0 Å². The van der Waals surface area contributed by atoms with E-state index in [1.165, 1.54) is 39.4 Å². The topological polar surface area (TPSA) is 52.0 Å². The van der Waals surface area contributed by atoms with Gasteiger partial charge in [0.2, 0.25) is 0 Å². The Kier molecular flexibility index (Phi) is 3.49. The van der Waals surface area contributed by atoms with Crippen molar-refractivity contribution < 1.29 is 4.79 Å². The van der Waals surface area contributed by atoms with Gasteiger partial charge in [0.25, 0.3) is 5.56 Å². The molecular formula is C12H12N2O2S. The molecule has 0 fully saturated rings. The maximum Gasteiger partial charge on any atom is 0.253 e. The lowest BCUT2D eigenvalue weighted by Gasteiger charge is -2.01. The van der Waals surface area contributed by atoms with E-state index in [9.17, 15) is 9.59 Å². The summed E-state index contributed by atoms with van der Waals surface area (Å²) in [7, 11) is 0. The number of aromatic nitrogens is 2. The monoisotopic (exact) mass is 248 g/mol. The number of nitrogens with zero attached hydrogens (tertiary/aromatic N) is 2. The minimum absolute atomic E-state index is 0.0511. The maximum atomic E-state index is 11.9. The largest absolute Gasteiger partial charge is 0.291 e. The second-order valence-corrected chi connectivity index (χ2v) is 4.76. The molecular weight excluding hydrogens is 236 g/mol. The third kappa shape index (κ3) is 2.68. The third-order valence-corrected chi connectivity index (χ3v) is 3.66. The molecule has 0 aliphatic heterocycles. The van der Waals surface area contributed by atoms with Gasteiger partial charge in [-0.3, -0.25) is 14.2 Å². The molecule has 5 heteroatoms. The lowest BCUT2D eigenvalue weighted by Crippen LogP contribution is -2.22. The third-order valence-electron chi connectivity index (χ3n) is 2.39. The fourth-order valence-corrected chi connectivity index (χ4v) is 2.32. The zero-order valence-electron chi connectivity index (χ0n) is 9.42. The molecule has 0 unspecified atom stereocenters. The standard InChI is InChI=1S/C12H12N2O2S/c1-2-9-3-4-11(17-9)10(15)7-14-8-13-6-5-12(14)16/h3-6,8H,2,7H2,1H3. The summed E-state index contributed by atoms with van der Waals surface area (Å²) < 4.78 is 1.31. The van der Waals surface area contributed by atoms with Crippen molar-refractivity contribution in [1.29, 1.82) is 0 Å². The van der Waals surface area contributed by atoms with Gasteiger partial charge in [0.15, 0.2) is 5.78 Å². The van der Waals surface area contributed by atoms with Crippen LogP contribution in [0.3, 0.4) is 0 Å². The summed E-state index contributed by atoms with van der Waals surface area (Å²) in [6, 6.07) is 5.11. The highest BCUT2D eigenvalue weighted by atomic mass is 32.1. The first-order valence-electron chi connectivity index (χ1n) is 5.33. The van der Waals surface area contributed by atoms with Crippen LogP contribution >= 0.6 is 11.3 Å². The molecule has 2 heterocycles. The lowest BCUT2D eigenvalue weighted by atomic mass is 10.3. The maximum absolute atomic E-state index is 11.9. The average molecular weight is 248 g/mol. The number of thiophene rings is 1. The van der Waals surface area contributed by atoms with Gasteiger partial charge in [0, 0.05) is 17.1 Å². The molecule has 0 saturated heterocycles. The highest BCUT2D eigenvalue weighted by Crippen LogP contribution is 2.17. The van der Waals surface area contributed by atoms with Crippen LogP contribution < -0.4 is 5.56 Å². The molecule has 2 aromatic rings. The Morgan fingerprint density at radius 2 is 2.24 bits per heavy atom. The predicted molar refractivity (Wildman–Crippen MR) is 66.5 cm³/mol. The number of carbonyl (C=O) groups is 1. The second-order valence-electron chi connectivity index (χ2n) is 3.59. The highest BCUT2D eigenvalue weighted by molar-refractivity contribution is 7.14. The van der Waals surface area contributed by atoms with Crippen LogP contribution in [0.5, 0.6) is 0 Å². The zero-order chi connectivity index (χ0) is 12.3. The zero-order valence-corrected chi connectivity index (χ0v) is 10.2. The van der Waals surface area contributed by atoms with Crippen LogP contribution in [-0.4, -0.2) is 15.3 Å². The molecule has 0 atom stereocenters. The van der Waals surface area contributed by atoms with E-state index in [1.54, 1.807) is 0 Å². The number of ketones is 1. The summed E-state index contributed by atoms with van der Waals surface area (Å²) in [6.45, 7) is 2.10. The molecule has 0 aliphatic rings. The smallest absolute Gasteiger partial charge is 0.253 e. The Bertz CT molecular complexity index is 586. The molecule has 0 aromatic carbocycles. The first kappa shape index (κ1) is 11.7. The van der Waals surface area contributed by atoms with E-state index in [2.05, 4.69) is 4.98 Å². The summed E-state index contributed by atoms with van der Waals surface area (Å²) in [5, 5.41) is 0. The predicted octanol–water partition coefficient (Wildman–Crippen LogP) is 1.75. The van der Waals surface area contributed by atoms with Crippen molar-refractivity contribution in [2.75, 3.05) is 0 Å². The molecule has 88 valence electrons. The van der Waals surface area contributed by atoms with Crippen molar-refractivity contribution in [2.24, 2.45) is 0 Å². The van der Waals surface area contributed by atoms with E-state index in [1.807, 2.05) is 19.1 Å². The quantitative estimate of drug-likeness (QED) is 0.775. The number of Topliss-reactive ketones (excluding diaryl/α,β-unsaturated/α-hetero) is 1. The second kappa shape index (κ2) is 5.05. The first-order valence-corrected chi connectivity index (χ1v) is 6.14. The van der Waals surface area contributed by atoms with Crippen LogP contribution in [0.4, 0.5) is 0 Å². The number of aryl methyl sites for hydroxylation is 1. The number of hydrogen-bond acceptors (Lipinski definition) is 4. The molecule has 0 radical (unpaired) electrons. The van der Waals surface area contributed by atoms with Crippen molar-refractivity contribution >= 4 is 17.1 Å². The number of rotatable bonds is 4. The minimum atomic E-state index is -0.208. The van der Waals surface area contributed by atoms with E-state index >= 15 is 0 Å². The van der Waals surface area contributed by atoms with Gasteiger partial charge in [0.05, 0.1) is 17.7 Å². The van der Waals surface area contributed by atoms with Crippen molar-refractivity contribution in [2.45, 2.75) is 19.9 Å². The van der Waals surface area contributed by atoms with Crippen LogP contribution in [-0.2, 0) is 13.0 Å². The molecule has 0 amide bonds. The molecule has 2 aromatic heterocycles. The SMILES string of the molecule is CCc1ccc(C(=O)Cn2cnccc2=O)s1. The molecule has 2 rings (SSSR count). The van der Waals surface area contributed by atoms with Crippen molar-refractivity contribution in [3.05, 3.63) is 50.8 Å². The molecule has 0 bridgehead atoms. The van der Waals surface area contributed by atoms with Gasteiger partial charge in [-0.25, -0.2) is 4.98 Å². The van der Waals surface area contributed by atoms with Gasteiger partial charge in [-0.05, 0) is 18.6 Å². The van der Waals surface area contributed by atoms with Crippen LogP contribution in [0.25, 0.3) is 0 Å². The molecule has 4 nitrogen and oxygen atoms in total. The summed E-state index contributed by atoms with van der Waals surface area (Å²) in [5.74, 6) is -0.0511. The molecule has 0 N–H and O–H groups in total. The number of hydrogen-bond donors (Lipinski definition) is 0. The Balaban J connectivity index is 2.17. The molecule has 0 saturated carbocycles. The summed E-state index contributed by atoms with van der Waals surface area (Å²) in [6.07, 6.45) is 3.73. The van der Waals surface area contributed by atoms with Gasteiger partial charge in [-0.15, -0.1) is 11.3 Å². The minimum Gasteiger partial charge on any atom is -0.291 e. The highest BCUT2D eigenvalue weighted by Gasteiger charge is 2.10. The Hall–Kier alpha value is -1.75. The summed E-state index contributed by atoms with van der Waals surface area (Å²) in [5.41, 5.74) is -0.208. The van der Waals surface area contributed by atoms with E-state index < -0.39 is 0 Å². The normalized spacial score (nSPS) is 10.4. The van der Waals surface area contributed by atoms with Crippen LogP contribution in [0.15, 0.2) is 35.5 Å². The Morgan fingerprint density at radius 1 is 1.41 bits per heavy atom. The molecule has 0 aliphatic carbocycles. The summed E-state index contributed by atoms with van der Waals surface area (Å²) >= 11 is 1.48. The van der Waals surface area contributed by atoms with Gasteiger partial charge in [-0.1, -0.05) is 6.92 Å². The van der Waals surface area contributed by atoms with E-state index in [0.717, 1.165) is 6.42 Å².